The molecule has 0 aliphatic carbocycles. The van der Waals surface area contributed by atoms with Crippen molar-refractivity contribution in [3.8, 4) is 17.0 Å². The van der Waals surface area contributed by atoms with Crippen molar-refractivity contribution >= 4 is 34.8 Å². The lowest BCUT2D eigenvalue weighted by Crippen LogP contribution is -2.15. The minimum atomic E-state index is 0. The number of aromatic nitrogens is 1. The first-order valence-corrected chi connectivity index (χ1v) is 8.02. The molecule has 0 aliphatic rings. The molecule has 0 spiro atoms. The Morgan fingerprint density at radius 1 is 1.30 bits per heavy atom. The Morgan fingerprint density at radius 3 is 2.61 bits per heavy atom. The normalized spacial score (nSPS) is 10.0. The predicted molar refractivity (Wildman–Crippen MR) is 97.9 cm³/mol. The summed E-state index contributed by atoms with van der Waals surface area (Å²) in [5.41, 5.74) is 1.92. The molecule has 126 valence electrons. The number of aryl methyl sites for hydroxylation is 1. The summed E-state index contributed by atoms with van der Waals surface area (Å²) >= 11 is 1.50. The van der Waals surface area contributed by atoms with Crippen molar-refractivity contribution in [2.24, 2.45) is 0 Å². The molecule has 0 unspecified atom stereocenters. The van der Waals surface area contributed by atoms with Crippen molar-refractivity contribution in [3.63, 3.8) is 0 Å². The highest BCUT2D eigenvalue weighted by Crippen LogP contribution is 2.31. The van der Waals surface area contributed by atoms with Crippen LogP contribution in [0.4, 0.5) is 5.13 Å². The monoisotopic (exact) mass is 355 g/mol. The number of benzene rings is 1. The van der Waals surface area contributed by atoms with Crippen molar-refractivity contribution in [3.05, 3.63) is 29.1 Å². The number of thiazole rings is 1. The van der Waals surface area contributed by atoms with E-state index in [0.29, 0.717) is 11.6 Å². The van der Waals surface area contributed by atoms with Crippen LogP contribution in [0.1, 0.15) is 17.7 Å². The maximum absolute atomic E-state index is 11.8. The first-order valence-electron chi connectivity index (χ1n) is 7.20. The molecule has 1 aromatic carbocycles. The number of amides is 1. The van der Waals surface area contributed by atoms with Crippen molar-refractivity contribution < 1.29 is 9.53 Å². The van der Waals surface area contributed by atoms with Gasteiger partial charge in [-0.25, -0.2) is 4.98 Å². The molecule has 2 aromatic rings. The van der Waals surface area contributed by atoms with Crippen LogP contribution in [0.15, 0.2) is 24.3 Å². The van der Waals surface area contributed by atoms with Crippen LogP contribution in [0, 0.1) is 6.92 Å². The molecule has 1 heterocycles. The number of ether oxygens (including phenoxy) is 1. The zero-order valence-electron chi connectivity index (χ0n) is 13.5. The van der Waals surface area contributed by atoms with E-state index in [1.54, 1.807) is 7.11 Å². The standard InChI is InChI=1S/C16H21N3O2S.ClH/c1-11-15(12-6-8-13(21-3)9-7-12)19-16(22-11)18-14(20)5-4-10-17-2;/h6-9,17H,4-5,10H2,1-3H3,(H,18,19,20);1H. The fraction of sp³-hybridized carbons (Fsp3) is 0.375. The van der Waals surface area contributed by atoms with E-state index < -0.39 is 0 Å². The van der Waals surface area contributed by atoms with Gasteiger partial charge < -0.3 is 15.4 Å². The maximum atomic E-state index is 11.8. The molecule has 0 aliphatic heterocycles. The number of carbonyl (C=O) groups excluding carboxylic acids is 1. The van der Waals surface area contributed by atoms with E-state index in [1.807, 2.05) is 38.2 Å². The number of halogens is 1. The van der Waals surface area contributed by atoms with Gasteiger partial charge in [-0.2, -0.15) is 0 Å². The number of carbonyl (C=O) groups is 1. The van der Waals surface area contributed by atoms with Crippen LogP contribution in [0.5, 0.6) is 5.75 Å². The minimum Gasteiger partial charge on any atom is -0.497 e. The minimum absolute atomic E-state index is 0. The summed E-state index contributed by atoms with van der Waals surface area (Å²) in [6, 6.07) is 7.76. The van der Waals surface area contributed by atoms with Gasteiger partial charge in [0.1, 0.15) is 5.75 Å². The van der Waals surface area contributed by atoms with E-state index in [1.165, 1.54) is 11.3 Å². The highest BCUT2D eigenvalue weighted by Gasteiger charge is 2.12. The molecule has 1 amide bonds. The predicted octanol–water partition coefficient (Wildman–Crippen LogP) is 3.49. The van der Waals surface area contributed by atoms with Gasteiger partial charge >= 0.3 is 0 Å². The zero-order chi connectivity index (χ0) is 15.9. The summed E-state index contributed by atoms with van der Waals surface area (Å²) in [4.78, 5) is 17.5. The van der Waals surface area contributed by atoms with E-state index in [2.05, 4.69) is 15.6 Å². The number of hydrogen-bond donors (Lipinski definition) is 2. The Kier molecular flexibility index (Phi) is 8.02. The molecule has 0 saturated heterocycles. The van der Waals surface area contributed by atoms with Crippen molar-refractivity contribution in [1.82, 2.24) is 10.3 Å². The third-order valence-electron chi connectivity index (χ3n) is 3.24. The summed E-state index contributed by atoms with van der Waals surface area (Å²) in [6.45, 7) is 2.84. The van der Waals surface area contributed by atoms with E-state index in [4.69, 9.17) is 4.74 Å². The summed E-state index contributed by atoms with van der Waals surface area (Å²) < 4.78 is 5.16. The fourth-order valence-corrected chi connectivity index (χ4v) is 2.93. The number of rotatable bonds is 7. The second kappa shape index (κ2) is 9.50. The summed E-state index contributed by atoms with van der Waals surface area (Å²) in [5.74, 6) is 0.819. The molecule has 7 heteroatoms. The lowest BCUT2D eigenvalue weighted by Gasteiger charge is -2.02. The van der Waals surface area contributed by atoms with Crippen LogP contribution in [-0.4, -0.2) is 31.6 Å². The van der Waals surface area contributed by atoms with Crippen LogP contribution < -0.4 is 15.4 Å². The van der Waals surface area contributed by atoms with Crippen molar-refractivity contribution in [2.75, 3.05) is 26.0 Å². The van der Waals surface area contributed by atoms with Crippen molar-refractivity contribution in [2.45, 2.75) is 19.8 Å². The van der Waals surface area contributed by atoms with Gasteiger partial charge in [0.05, 0.1) is 12.8 Å². The number of hydrogen-bond acceptors (Lipinski definition) is 5. The molecule has 2 rings (SSSR count). The average molecular weight is 356 g/mol. The quantitative estimate of drug-likeness (QED) is 0.746. The van der Waals surface area contributed by atoms with Gasteiger partial charge in [0.25, 0.3) is 0 Å². The molecular formula is C16H22ClN3O2S. The van der Waals surface area contributed by atoms with Crippen molar-refractivity contribution in [1.29, 1.82) is 0 Å². The third-order valence-corrected chi connectivity index (χ3v) is 4.12. The van der Waals surface area contributed by atoms with E-state index in [-0.39, 0.29) is 18.3 Å². The fourth-order valence-electron chi connectivity index (χ4n) is 2.07. The summed E-state index contributed by atoms with van der Waals surface area (Å²) in [6.07, 6.45) is 1.31. The Bertz CT molecular complexity index is 629. The van der Waals surface area contributed by atoms with Gasteiger partial charge in [0.15, 0.2) is 5.13 Å². The number of nitrogens with zero attached hydrogens (tertiary/aromatic N) is 1. The molecule has 0 fully saturated rings. The first-order chi connectivity index (χ1) is 10.6. The molecule has 1 aromatic heterocycles. The van der Waals surface area contributed by atoms with Gasteiger partial charge in [-0.15, -0.1) is 23.7 Å². The second-order valence-corrected chi connectivity index (χ2v) is 6.11. The molecule has 2 N–H and O–H groups in total. The lowest BCUT2D eigenvalue weighted by atomic mass is 10.1. The SMILES string of the molecule is CNCCCC(=O)Nc1nc(-c2ccc(OC)cc2)c(C)s1.Cl. The first kappa shape index (κ1) is 19.4. The summed E-state index contributed by atoms with van der Waals surface area (Å²) in [5, 5.41) is 6.55. The second-order valence-electron chi connectivity index (χ2n) is 4.91. The average Bonchev–Trinajstić information content (AvgIpc) is 2.88. The number of methoxy groups -OCH3 is 1. The zero-order valence-corrected chi connectivity index (χ0v) is 15.1. The Morgan fingerprint density at radius 2 is 2.00 bits per heavy atom. The molecule has 5 nitrogen and oxygen atoms in total. The molecule has 0 saturated carbocycles. The van der Waals surface area contributed by atoms with Crippen LogP contribution in [0.3, 0.4) is 0 Å². The summed E-state index contributed by atoms with van der Waals surface area (Å²) in [7, 11) is 3.52. The largest absolute Gasteiger partial charge is 0.497 e. The van der Waals surface area contributed by atoms with Gasteiger partial charge in [0.2, 0.25) is 5.91 Å². The highest BCUT2D eigenvalue weighted by molar-refractivity contribution is 7.16. The van der Waals surface area contributed by atoms with Gasteiger partial charge in [-0.1, -0.05) is 0 Å². The molecular weight excluding hydrogens is 334 g/mol. The van der Waals surface area contributed by atoms with Gasteiger partial charge in [-0.05, 0) is 51.2 Å². The van der Waals surface area contributed by atoms with Crippen LogP contribution in [0.25, 0.3) is 11.3 Å². The Balaban J connectivity index is 0.00000264. The Labute approximate surface area is 146 Å². The van der Waals surface area contributed by atoms with Crippen LogP contribution >= 0.6 is 23.7 Å². The number of nitrogens with one attached hydrogen (secondary N) is 2. The Hall–Kier alpha value is -1.63. The van der Waals surface area contributed by atoms with E-state index >= 15 is 0 Å². The molecule has 0 bridgehead atoms. The van der Waals surface area contributed by atoms with Crippen LogP contribution in [0.2, 0.25) is 0 Å². The molecule has 0 atom stereocenters. The lowest BCUT2D eigenvalue weighted by molar-refractivity contribution is -0.116. The van der Waals surface area contributed by atoms with E-state index in [0.717, 1.165) is 34.8 Å². The highest BCUT2D eigenvalue weighted by atomic mass is 35.5. The topological polar surface area (TPSA) is 63.2 Å². The molecule has 23 heavy (non-hydrogen) atoms. The van der Waals surface area contributed by atoms with Gasteiger partial charge in [0, 0.05) is 16.9 Å². The molecule has 0 radical (unpaired) electrons. The maximum Gasteiger partial charge on any atom is 0.226 e. The van der Waals surface area contributed by atoms with Crippen LogP contribution in [-0.2, 0) is 4.79 Å². The van der Waals surface area contributed by atoms with Gasteiger partial charge in [-0.3, -0.25) is 4.79 Å². The third kappa shape index (κ3) is 5.49. The smallest absolute Gasteiger partial charge is 0.226 e. The number of anilines is 1. The van der Waals surface area contributed by atoms with E-state index in [9.17, 15) is 4.79 Å².